The summed E-state index contributed by atoms with van der Waals surface area (Å²) in [5, 5.41) is 11.6. The number of hydrogen-bond donors (Lipinski definition) is 2. The van der Waals surface area contributed by atoms with Gasteiger partial charge in [-0.25, -0.2) is 4.79 Å². The normalized spacial score (nSPS) is 12.6. The molecule has 1 aromatic carbocycles. The van der Waals surface area contributed by atoms with Crippen LogP contribution in [0.1, 0.15) is 45.7 Å². The van der Waals surface area contributed by atoms with Crippen LogP contribution in [0.25, 0.3) is 0 Å². The van der Waals surface area contributed by atoms with Gasteiger partial charge in [-0.15, -0.1) is 11.3 Å². The number of anilines is 1. The highest BCUT2D eigenvalue weighted by Gasteiger charge is 2.19. The lowest BCUT2D eigenvalue weighted by Gasteiger charge is -2.17. The zero-order valence-electron chi connectivity index (χ0n) is 13.7. The SMILES string of the molecule is CC(C)(C)S(=O)Cc1cccc(NC(=O)c2ccc(C(=O)O)s2)c1. The lowest BCUT2D eigenvalue weighted by molar-refractivity contribution is 0.0702. The molecular formula is C17H19NO4S2. The Morgan fingerprint density at radius 1 is 1.17 bits per heavy atom. The maximum Gasteiger partial charge on any atom is 0.345 e. The van der Waals surface area contributed by atoms with Crippen molar-refractivity contribution in [3.8, 4) is 0 Å². The predicted molar refractivity (Wildman–Crippen MR) is 97.3 cm³/mol. The summed E-state index contributed by atoms with van der Waals surface area (Å²) in [7, 11) is -1.02. The van der Waals surface area contributed by atoms with Crippen molar-refractivity contribution in [1.29, 1.82) is 0 Å². The van der Waals surface area contributed by atoms with E-state index in [1.807, 2.05) is 26.8 Å². The van der Waals surface area contributed by atoms with Crippen molar-refractivity contribution < 1.29 is 18.9 Å². The zero-order valence-corrected chi connectivity index (χ0v) is 15.3. The van der Waals surface area contributed by atoms with E-state index in [1.54, 1.807) is 18.2 Å². The van der Waals surface area contributed by atoms with Gasteiger partial charge in [-0.1, -0.05) is 12.1 Å². The summed E-state index contributed by atoms with van der Waals surface area (Å²) in [6, 6.07) is 10.1. The van der Waals surface area contributed by atoms with Crippen molar-refractivity contribution in [2.24, 2.45) is 0 Å². The Labute approximate surface area is 147 Å². The fourth-order valence-corrected chi connectivity index (χ4v) is 3.53. The van der Waals surface area contributed by atoms with E-state index < -0.39 is 16.8 Å². The first-order chi connectivity index (χ1) is 11.2. The highest BCUT2D eigenvalue weighted by Crippen LogP contribution is 2.21. The molecule has 2 N–H and O–H groups in total. The summed E-state index contributed by atoms with van der Waals surface area (Å²) in [5.74, 6) is -0.998. The van der Waals surface area contributed by atoms with Crippen LogP contribution >= 0.6 is 11.3 Å². The van der Waals surface area contributed by atoms with Gasteiger partial charge in [0.1, 0.15) is 4.88 Å². The zero-order chi connectivity index (χ0) is 17.9. The topological polar surface area (TPSA) is 83.5 Å². The van der Waals surface area contributed by atoms with Crippen LogP contribution in [-0.2, 0) is 16.6 Å². The second-order valence-electron chi connectivity index (χ2n) is 6.23. The Morgan fingerprint density at radius 3 is 2.42 bits per heavy atom. The maximum atomic E-state index is 12.2. The van der Waals surface area contributed by atoms with Crippen molar-refractivity contribution >= 4 is 39.7 Å². The van der Waals surface area contributed by atoms with E-state index in [1.165, 1.54) is 12.1 Å². The molecule has 128 valence electrons. The minimum atomic E-state index is -1.05. The molecule has 0 radical (unpaired) electrons. The lowest BCUT2D eigenvalue weighted by Crippen LogP contribution is -2.23. The summed E-state index contributed by atoms with van der Waals surface area (Å²) in [6.45, 7) is 5.77. The third kappa shape index (κ3) is 4.75. The van der Waals surface area contributed by atoms with Crippen LogP contribution in [0.15, 0.2) is 36.4 Å². The van der Waals surface area contributed by atoms with Crippen molar-refractivity contribution in [2.75, 3.05) is 5.32 Å². The van der Waals surface area contributed by atoms with Gasteiger partial charge in [-0.3, -0.25) is 9.00 Å². The largest absolute Gasteiger partial charge is 0.477 e. The van der Waals surface area contributed by atoms with Gasteiger partial charge in [-0.2, -0.15) is 0 Å². The number of aromatic carboxylic acids is 1. The fraction of sp³-hybridized carbons (Fsp3) is 0.294. The molecule has 0 saturated carbocycles. The molecular weight excluding hydrogens is 346 g/mol. The maximum absolute atomic E-state index is 12.2. The average molecular weight is 365 g/mol. The monoisotopic (exact) mass is 365 g/mol. The Morgan fingerprint density at radius 2 is 1.83 bits per heavy atom. The third-order valence-corrected chi connectivity index (χ3v) is 6.24. The van der Waals surface area contributed by atoms with Gasteiger partial charge in [-0.05, 0) is 50.6 Å². The van der Waals surface area contributed by atoms with Crippen molar-refractivity contribution in [3.05, 3.63) is 51.7 Å². The summed E-state index contributed by atoms with van der Waals surface area (Å²) >= 11 is 0.926. The molecule has 5 nitrogen and oxygen atoms in total. The minimum Gasteiger partial charge on any atom is -0.477 e. The number of carbonyl (C=O) groups is 2. The standard InChI is InChI=1S/C17H19NO4S2/c1-17(2,3)24(22)10-11-5-4-6-12(9-11)18-15(19)13-7-8-14(23-13)16(20)21/h4-9H,10H2,1-3H3,(H,18,19)(H,20,21). The summed E-state index contributed by atoms with van der Waals surface area (Å²) in [4.78, 5) is 23.5. The first-order valence-corrected chi connectivity index (χ1v) is 9.42. The number of carboxylic acids is 1. The molecule has 0 saturated heterocycles. The first kappa shape index (κ1) is 18.4. The number of benzene rings is 1. The van der Waals surface area contributed by atoms with Crippen LogP contribution in [-0.4, -0.2) is 25.9 Å². The molecule has 1 unspecified atom stereocenters. The van der Waals surface area contributed by atoms with Crippen LogP contribution in [0.3, 0.4) is 0 Å². The lowest BCUT2D eigenvalue weighted by atomic mass is 10.2. The van der Waals surface area contributed by atoms with Gasteiger partial charge in [0, 0.05) is 27.0 Å². The Kier molecular flexibility index (Phi) is 5.56. The quantitative estimate of drug-likeness (QED) is 0.845. The average Bonchev–Trinajstić information content (AvgIpc) is 2.96. The number of nitrogens with one attached hydrogen (secondary N) is 1. The van der Waals surface area contributed by atoms with E-state index in [0.29, 0.717) is 16.3 Å². The fourth-order valence-electron chi connectivity index (χ4n) is 1.87. The van der Waals surface area contributed by atoms with Crippen molar-refractivity contribution in [1.82, 2.24) is 0 Å². The van der Waals surface area contributed by atoms with Gasteiger partial charge in [0.2, 0.25) is 0 Å². The van der Waals surface area contributed by atoms with E-state index >= 15 is 0 Å². The molecule has 1 atom stereocenters. The van der Waals surface area contributed by atoms with Gasteiger partial charge in [0.05, 0.1) is 4.88 Å². The Hall–Kier alpha value is -1.99. The van der Waals surface area contributed by atoms with E-state index in [-0.39, 0.29) is 15.5 Å². The van der Waals surface area contributed by atoms with Gasteiger partial charge in [0.15, 0.2) is 0 Å². The molecule has 0 aliphatic heterocycles. The molecule has 1 amide bonds. The minimum absolute atomic E-state index is 0.120. The molecule has 1 heterocycles. The summed E-state index contributed by atoms with van der Waals surface area (Å²) in [6.07, 6.45) is 0. The highest BCUT2D eigenvalue weighted by molar-refractivity contribution is 7.85. The smallest absolute Gasteiger partial charge is 0.345 e. The molecule has 7 heteroatoms. The molecule has 0 aliphatic rings. The third-order valence-electron chi connectivity index (χ3n) is 3.21. The number of carboxylic acid groups (broad SMARTS) is 1. The predicted octanol–water partition coefficient (Wildman–Crippen LogP) is 3.75. The van der Waals surface area contributed by atoms with Crippen molar-refractivity contribution in [3.63, 3.8) is 0 Å². The van der Waals surface area contributed by atoms with Crippen LogP contribution in [0.5, 0.6) is 0 Å². The highest BCUT2D eigenvalue weighted by atomic mass is 32.2. The second-order valence-corrected chi connectivity index (χ2v) is 9.51. The van der Waals surface area contributed by atoms with Gasteiger partial charge < -0.3 is 10.4 Å². The molecule has 0 aliphatic carbocycles. The molecule has 2 aromatic rings. The number of rotatable bonds is 5. The van der Waals surface area contributed by atoms with E-state index in [2.05, 4.69) is 5.32 Å². The van der Waals surface area contributed by atoms with E-state index in [0.717, 1.165) is 16.9 Å². The molecule has 1 aromatic heterocycles. The molecule has 2 rings (SSSR count). The van der Waals surface area contributed by atoms with Crippen LogP contribution in [0.2, 0.25) is 0 Å². The molecule has 0 spiro atoms. The van der Waals surface area contributed by atoms with E-state index in [9.17, 15) is 13.8 Å². The molecule has 24 heavy (non-hydrogen) atoms. The Balaban J connectivity index is 2.09. The van der Waals surface area contributed by atoms with Gasteiger partial charge >= 0.3 is 5.97 Å². The van der Waals surface area contributed by atoms with Crippen molar-refractivity contribution in [2.45, 2.75) is 31.3 Å². The molecule has 0 fully saturated rings. The second kappa shape index (κ2) is 7.27. The van der Waals surface area contributed by atoms with Crippen LogP contribution < -0.4 is 5.32 Å². The number of amides is 1. The first-order valence-electron chi connectivity index (χ1n) is 7.29. The number of hydrogen-bond acceptors (Lipinski definition) is 4. The van der Waals surface area contributed by atoms with Gasteiger partial charge in [0.25, 0.3) is 5.91 Å². The Bertz CT molecular complexity index is 790. The van der Waals surface area contributed by atoms with Crippen LogP contribution in [0.4, 0.5) is 5.69 Å². The number of thiophene rings is 1. The number of carbonyl (C=O) groups excluding carboxylic acids is 1. The summed E-state index contributed by atoms with van der Waals surface area (Å²) in [5.41, 5.74) is 1.46. The molecule has 0 bridgehead atoms. The van der Waals surface area contributed by atoms with Crippen LogP contribution in [0, 0.1) is 0 Å². The summed E-state index contributed by atoms with van der Waals surface area (Å²) < 4.78 is 11.9. The van der Waals surface area contributed by atoms with E-state index in [4.69, 9.17) is 5.11 Å².